The van der Waals surface area contributed by atoms with E-state index in [0.29, 0.717) is 0 Å². The van der Waals surface area contributed by atoms with Crippen molar-refractivity contribution in [1.82, 2.24) is 9.38 Å². The van der Waals surface area contributed by atoms with E-state index in [-0.39, 0.29) is 48.9 Å². The number of rotatable bonds is 8. The quantitative estimate of drug-likeness (QED) is 0.0549. The van der Waals surface area contributed by atoms with Gasteiger partial charge in [0.2, 0.25) is 0 Å². The van der Waals surface area contributed by atoms with Crippen molar-refractivity contribution in [3.05, 3.63) is 96.4 Å². The molecule has 0 amide bonds. The summed E-state index contributed by atoms with van der Waals surface area (Å²) in [6.07, 6.45) is 7.84. The smallest absolute Gasteiger partial charge is 0.162 e. The minimum atomic E-state index is 0. The monoisotopic (exact) mass is 792 g/mol. The van der Waals surface area contributed by atoms with Gasteiger partial charge in [0.15, 0.2) is 5.78 Å². The Balaban J connectivity index is 0.000000259. The van der Waals surface area contributed by atoms with Gasteiger partial charge in [0.25, 0.3) is 0 Å². The predicted octanol–water partition coefficient (Wildman–Crippen LogP) is 11.2. The fourth-order valence-electron chi connectivity index (χ4n) is 6.53. The van der Waals surface area contributed by atoms with E-state index in [2.05, 4.69) is 91.9 Å². The number of allylic oxidation sites excluding steroid dienone is 2. The van der Waals surface area contributed by atoms with Crippen molar-refractivity contribution in [3.63, 3.8) is 0 Å². The van der Waals surface area contributed by atoms with Gasteiger partial charge in [-0.3, -0.25) is 9.78 Å². The maximum absolute atomic E-state index is 11.7. The van der Waals surface area contributed by atoms with Crippen LogP contribution in [0.3, 0.4) is 0 Å². The molecule has 4 nitrogen and oxygen atoms in total. The molecule has 243 valence electrons. The molecule has 0 atom stereocenters. The van der Waals surface area contributed by atoms with E-state index >= 15 is 0 Å². The molecule has 46 heavy (non-hydrogen) atoms. The second kappa shape index (κ2) is 14.9. The van der Waals surface area contributed by atoms with Gasteiger partial charge in [-0.1, -0.05) is 95.0 Å². The number of hydrogen-bond acceptors (Lipinski definition) is 3. The standard InChI is InChI=1S/C28H23N2.C13H24O2.Ir/c1-28(2,3)17-18-10-11-21-16-26-22-14-19-7-4-5-8-20(19)15-23(22)27-24(9-6-12-29-27)30(26)25(21)13-18;1-5-10(6-2)12(14)9-13(15)11(7-3)8-4;/h4-14,16H,17H2,1-3H3;9-11,14H,5-8H2,1-4H3;/q-1;;/b;12-9-;. The third-order valence-electron chi connectivity index (χ3n) is 9.02. The summed E-state index contributed by atoms with van der Waals surface area (Å²) in [4.78, 5) is 16.5. The van der Waals surface area contributed by atoms with Crippen LogP contribution >= 0.6 is 0 Å². The predicted molar refractivity (Wildman–Crippen MR) is 191 cm³/mol. The molecule has 6 rings (SSSR count). The minimum Gasteiger partial charge on any atom is -0.512 e. The fourth-order valence-corrected chi connectivity index (χ4v) is 6.53. The van der Waals surface area contributed by atoms with Crippen molar-refractivity contribution in [2.24, 2.45) is 17.3 Å². The molecule has 0 bridgehead atoms. The second-order valence-corrected chi connectivity index (χ2v) is 13.5. The molecule has 0 saturated heterocycles. The number of aromatic nitrogens is 2. The Morgan fingerprint density at radius 2 is 1.54 bits per heavy atom. The van der Waals surface area contributed by atoms with Crippen LogP contribution in [0.25, 0.3) is 49.0 Å². The normalized spacial score (nSPS) is 12.3. The molecular weight excluding hydrogens is 745 g/mol. The molecular formula is C41H47IrN2O2-. The molecule has 3 aromatic carbocycles. The molecule has 3 heterocycles. The van der Waals surface area contributed by atoms with E-state index in [1.54, 1.807) is 0 Å². The van der Waals surface area contributed by atoms with Crippen LogP contribution in [-0.2, 0) is 31.3 Å². The molecule has 0 aliphatic rings. The first-order valence-electron chi connectivity index (χ1n) is 16.6. The van der Waals surface area contributed by atoms with Gasteiger partial charge in [0.1, 0.15) is 0 Å². The average molecular weight is 792 g/mol. The van der Waals surface area contributed by atoms with Crippen LogP contribution in [0.1, 0.15) is 79.7 Å². The van der Waals surface area contributed by atoms with E-state index < -0.39 is 0 Å². The van der Waals surface area contributed by atoms with Crippen molar-refractivity contribution in [3.8, 4) is 0 Å². The molecule has 0 saturated carbocycles. The summed E-state index contributed by atoms with van der Waals surface area (Å²) in [7, 11) is 0. The minimum absolute atomic E-state index is 0. The Bertz CT molecular complexity index is 2010. The maximum Gasteiger partial charge on any atom is 0.162 e. The Morgan fingerprint density at radius 1 is 0.848 bits per heavy atom. The van der Waals surface area contributed by atoms with Crippen LogP contribution in [0.4, 0.5) is 0 Å². The first-order valence-corrected chi connectivity index (χ1v) is 16.6. The number of hydrogen-bond donors (Lipinski definition) is 1. The van der Waals surface area contributed by atoms with Crippen molar-refractivity contribution in [1.29, 1.82) is 0 Å². The van der Waals surface area contributed by atoms with E-state index in [4.69, 9.17) is 4.98 Å². The van der Waals surface area contributed by atoms with Gasteiger partial charge in [-0.15, -0.1) is 23.6 Å². The molecule has 3 aromatic heterocycles. The van der Waals surface area contributed by atoms with Crippen LogP contribution in [0.5, 0.6) is 0 Å². The van der Waals surface area contributed by atoms with Crippen molar-refractivity contribution < 1.29 is 30.0 Å². The van der Waals surface area contributed by atoms with Gasteiger partial charge < -0.3 is 9.51 Å². The second-order valence-electron chi connectivity index (χ2n) is 13.5. The van der Waals surface area contributed by atoms with Gasteiger partial charge in [-0.2, -0.15) is 0 Å². The van der Waals surface area contributed by atoms with Gasteiger partial charge in [-0.05, 0) is 72.7 Å². The van der Waals surface area contributed by atoms with E-state index in [0.717, 1.165) is 53.9 Å². The zero-order valence-electron chi connectivity index (χ0n) is 28.3. The van der Waals surface area contributed by atoms with Crippen molar-refractivity contribution >= 4 is 54.8 Å². The summed E-state index contributed by atoms with van der Waals surface area (Å²) in [6, 6.07) is 27.8. The fraction of sp³-hybridized carbons (Fsp3) is 0.366. The molecule has 0 aliphatic heterocycles. The van der Waals surface area contributed by atoms with Crippen LogP contribution in [0.15, 0.2) is 84.8 Å². The molecule has 0 aliphatic carbocycles. The number of fused-ring (bicyclic) bond motifs is 9. The summed E-state index contributed by atoms with van der Waals surface area (Å²) in [5.74, 6) is 0.547. The number of carbonyl (C=O) groups is 1. The average Bonchev–Trinajstić information content (AvgIpc) is 3.40. The SMILES string of the molecule is CC(C)(C)Cc1ccc2cc3c4cc5ccccc5[c-]c4c4ncccc4n3c2c1.CCC(CC)C(=O)/C=C(\O)C(CC)CC.[Ir]. The zero-order valence-corrected chi connectivity index (χ0v) is 30.7. The summed E-state index contributed by atoms with van der Waals surface area (Å²) in [6.45, 7) is 14.9. The van der Waals surface area contributed by atoms with E-state index in [1.165, 1.54) is 38.8 Å². The summed E-state index contributed by atoms with van der Waals surface area (Å²) in [5, 5.41) is 15.7. The van der Waals surface area contributed by atoms with Crippen LogP contribution < -0.4 is 0 Å². The van der Waals surface area contributed by atoms with Crippen molar-refractivity contribution in [2.75, 3.05) is 0 Å². The Kier molecular flexibility index (Phi) is 11.5. The van der Waals surface area contributed by atoms with Crippen LogP contribution in [-0.4, -0.2) is 20.3 Å². The van der Waals surface area contributed by atoms with Gasteiger partial charge >= 0.3 is 0 Å². The molecule has 5 heteroatoms. The number of pyridine rings is 2. The van der Waals surface area contributed by atoms with Gasteiger partial charge in [-0.25, -0.2) is 0 Å². The Morgan fingerprint density at radius 3 is 2.22 bits per heavy atom. The first-order chi connectivity index (χ1) is 21.6. The van der Waals surface area contributed by atoms with Crippen LogP contribution in [0.2, 0.25) is 0 Å². The number of aliphatic hydroxyl groups is 1. The molecule has 1 radical (unpaired) electrons. The Labute approximate surface area is 287 Å². The van der Waals surface area contributed by atoms with E-state index in [9.17, 15) is 9.90 Å². The number of benzene rings is 3. The molecule has 0 unspecified atom stereocenters. The number of nitrogens with zero attached hydrogens (tertiary/aromatic N) is 2. The van der Waals surface area contributed by atoms with E-state index in [1.807, 2.05) is 40.0 Å². The first kappa shape index (κ1) is 35.3. The zero-order chi connectivity index (χ0) is 32.3. The van der Waals surface area contributed by atoms with Crippen molar-refractivity contribution in [2.45, 2.75) is 80.6 Å². The third kappa shape index (κ3) is 7.37. The largest absolute Gasteiger partial charge is 0.512 e. The number of aliphatic hydroxyl groups excluding tert-OH is 1. The summed E-state index contributed by atoms with van der Waals surface area (Å²) in [5.41, 5.74) is 6.23. The van der Waals surface area contributed by atoms with Gasteiger partial charge in [0, 0.05) is 60.8 Å². The third-order valence-corrected chi connectivity index (χ3v) is 9.02. The Hall–Kier alpha value is -3.53. The number of carbonyl (C=O) groups excluding carboxylic acids is 1. The van der Waals surface area contributed by atoms with Crippen LogP contribution in [0, 0.1) is 23.3 Å². The topological polar surface area (TPSA) is 54.6 Å². The number of ketones is 1. The summed E-state index contributed by atoms with van der Waals surface area (Å²) >= 11 is 0. The molecule has 6 aromatic rings. The summed E-state index contributed by atoms with van der Waals surface area (Å²) < 4.78 is 2.38. The maximum atomic E-state index is 11.7. The molecule has 0 spiro atoms. The molecule has 0 fully saturated rings. The van der Waals surface area contributed by atoms with Gasteiger partial charge in [0.05, 0.1) is 11.3 Å². The molecule has 1 N–H and O–H groups in total.